The van der Waals surface area contributed by atoms with Gasteiger partial charge in [-0.2, -0.15) is 5.10 Å². The fourth-order valence-electron chi connectivity index (χ4n) is 2.53. The number of aliphatic hydroxyl groups is 1. The molecule has 0 unspecified atom stereocenters. The Balaban J connectivity index is 1.60. The molecule has 1 fully saturated rings. The third-order valence-corrected chi connectivity index (χ3v) is 3.80. The van der Waals surface area contributed by atoms with Crippen LogP contribution in [0, 0.1) is 6.92 Å². The molecule has 2 aromatic heterocycles. The number of aromatic nitrogens is 4. The molecule has 1 aliphatic rings. The van der Waals surface area contributed by atoms with Gasteiger partial charge in [0.2, 0.25) is 0 Å². The number of amides is 1. The third kappa shape index (κ3) is 3.59. The van der Waals surface area contributed by atoms with Crippen molar-refractivity contribution in [3.63, 3.8) is 0 Å². The van der Waals surface area contributed by atoms with Gasteiger partial charge in [0, 0.05) is 25.5 Å². The summed E-state index contributed by atoms with van der Waals surface area (Å²) < 4.78 is 0. The Morgan fingerprint density at radius 2 is 2.22 bits per heavy atom. The van der Waals surface area contributed by atoms with E-state index >= 15 is 0 Å². The summed E-state index contributed by atoms with van der Waals surface area (Å²) in [4.78, 5) is 21.9. The Labute approximate surface area is 133 Å². The molecule has 1 saturated heterocycles. The van der Waals surface area contributed by atoms with Gasteiger partial charge in [0.15, 0.2) is 5.82 Å². The predicted molar refractivity (Wildman–Crippen MR) is 82.9 cm³/mol. The molecule has 0 bridgehead atoms. The highest BCUT2D eigenvalue weighted by atomic mass is 16.3. The number of β-amino-alcohol motifs (C(OH)–C–C–N with tert-alkyl or cyclic N) is 1. The van der Waals surface area contributed by atoms with E-state index in [1.165, 1.54) is 18.6 Å². The van der Waals surface area contributed by atoms with E-state index in [9.17, 15) is 9.90 Å². The quantitative estimate of drug-likeness (QED) is 0.818. The van der Waals surface area contributed by atoms with Gasteiger partial charge in [0.05, 0.1) is 24.0 Å². The van der Waals surface area contributed by atoms with Gasteiger partial charge in [0.25, 0.3) is 5.91 Å². The van der Waals surface area contributed by atoms with E-state index in [1.807, 2.05) is 24.0 Å². The number of hydrogen-bond acceptors (Lipinski definition) is 7. The van der Waals surface area contributed by atoms with Gasteiger partial charge < -0.3 is 15.3 Å². The van der Waals surface area contributed by atoms with Gasteiger partial charge in [-0.25, -0.2) is 4.98 Å². The maximum absolute atomic E-state index is 12.1. The molecule has 1 amide bonds. The lowest BCUT2D eigenvalue weighted by molar-refractivity contribution is 0.0793. The molecule has 2 N–H and O–H groups in total. The number of hydrogen-bond donors (Lipinski definition) is 2. The van der Waals surface area contributed by atoms with Gasteiger partial charge in [-0.05, 0) is 25.5 Å². The lowest BCUT2D eigenvalue weighted by Crippen LogP contribution is -2.54. The fraction of sp³-hybridized carbons (Fsp3) is 0.400. The average molecular weight is 314 g/mol. The number of rotatable bonds is 3. The van der Waals surface area contributed by atoms with Crippen LogP contribution in [-0.4, -0.2) is 56.4 Å². The van der Waals surface area contributed by atoms with Crippen LogP contribution in [0.1, 0.15) is 22.6 Å². The highest BCUT2D eigenvalue weighted by Crippen LogP contribution is 2.18. The summed E-state index contributed by atoms with van der Waals surface area (Å²) in [6.07, 6.45) is 4.30. The highest BCUT2D eigenvalue weighted by Gasteiger charge is 2.30. The van der Waals surface area contributed by atoms with E-state index in [0.29, 0.717) is 19.5 Å². The van der Waals surface area contributed by atoms with Gasteiger partial charge in [-0.1, -0.05) is 0 Å². The fourth-order valence-corrected chi connectivity index (χ4v) is 2.53. The molecule has 0 spiro atoms. The molecule has 0 aliphatic carbocycles. The first-order chi connectivity index (χ1) is 11.1. The van der Waals surface area contributed by atoms with Crippen molar-refractivity contribution >= 4 is 11.7 Å². The Kier molecular flexibility index (Phi) is 4.42. The minimum absolute atomic E-state index is 0.242. The normalized spacial score (nSPS) is 21.0. The number of piperidine rings is 1. The summed E-state index contributed by atoms with van der Waals surface area (Å²) >= 11 is 0. The van der Waals surface area contributed by atoms with Crippen LogP contribution in [0.2, 0.25) is 0 Å². The second kappa shape index (κ2) is 6.66. The zero-order valence-electron chi connectivity index (χ0n) is 12.8. The molecule has 0 radical (unpaired) electrons. The second-order valence-corrected chi connectivity index (χ2v) is 5.51. The van der Waals surface area contributed by atoms with E-state index < -0.39 is 6.10 Å². The maximum Gasteiger partial charge on any atom is 0.271 e. The topological polar surface area (TPSA) is 104 Å². The lowest BCUT2D eigenvalue weighted by atomic mass is 10.0. The number of aryl methyl sites for hydroxylation is 1. The first kappa shape index (κ1) is 15.3. The smallest absolute Gasteiger partial charge is 0.271 e. The summed E-state index contributed by atoms with van der Waals surface area (Å²) in [5.74, 6) is 0.402. The van der Waals surface area contributed by atoms with Crippen LogP contribution >= 0.6 is 0 Å². The molecular formula is C15H18N6O2. The minimum Gasteiger partial charge on any atom is -0.389 e. The van der Waals surface area contributed by atoms with Crippen molar-refractivity contribution in [2.24, 2.45) is 0 Å². The van der Waals surface area contributed by atoms with Crippen molar-refractivity contribution in [3.05, 3.63) is 42.1 Å². The first-order valence-electron chi connectivity index (χ1n) is 7.43. The van der Waals surface area contributed by atoms with E-state index in [1.54, 1.807) is 0 Å². The predicted octanol–water partition coefficient (Wildman–Crippen LogP) is -0.0554. The zero-order valence-corrected chi connectivity index (χ0v) is 12.8. The lowest BCUT2D eigenvalue weighted by Gasteiger charge is -2.36. The summed E-state index contributed by atoms with van der Waals surface area (Å²) in [7, 11) is 0. The molecule has 3 heterocycles. The number of aliphatic hydroxyl groups excluding tert-OH is 1. The zero-order chi connectivity index (χ0) is 16.2. The summed E-state index contributed by atoms with van der Waals surface area (Å²) in [6, 6.07) is 3.45. The highest BCUT2D eigenvalue weighted by molar-refractivity contribution is 5.92. The number of carbonyl (C=O) groups excluding carboxylic acids is 1. The number of carbonyl (C=O) groups is 1. The van der Waals surface area contributed by atoms with Crippen LogP contribution in [0.5, 0.6) is 0 Å². The maximum atomic E-state index is 12.1. The average Bonchev–Trinajstić information content (AvgIpc) is 2.58. The van der Waals surface area contributed by atoms with Crippen molar-refractivity contribution in [2.45, 2.75) is 25.5 Å². The summed E-state index contributed by atoms with van der Waals surface area (Å²) in [6.45, 7) is 2.95. The van der Waals surface area contributed by atoms with Crippen LogP contribution < -0.4 is 10.2 Å². The molecule has 120 valence electrons. The molecule has 0 aromatic carbocycles. The van der Waals surface area contributed by atoms with Crippen LogP contribution in [0.3, 0.4) is 0 Å². The molecular weight excluding hydrogens is 296 g/mol. The van der Waals surface area contributed by atoms with Gasteiger partial charge in [-0.15, -0.1) is 5.10 Å². The monoisotopic (exact) mass is 314 g/mol. The Morgan fingerprint density at radius 3 is 2.87 bits per heavy atom. The number of nitrogens with zero attached hydrogens (tertiary/aromatic N) is 5. The largest absolute Gasteiger partial charge is 0.389 e. The number of anilines is 1. The van der Waals surface area contributed by atoms with Crippen LogP contribution in [0.15, 0.2) is 30.7 Å². The molecule has 0 saturated carbocycles. The summed E-state index contributed by atoms with van der Waals surface area (Å²) in [5, 5.41) is 21.3. The summed E-state index contributed by atoms with van der Waals surface area (Å²) in [5.41, 5.74) is 1.09. The third-order valence-electron chi connectivity index (χ3n) is 3.80. The van der Waals surface area contributed by atoms with E-state index in [4.69, 9.17) is 0 Å². The van der Waals surface area contributed by atoms with Gasteiger partial charge >= 0.3 is 0 Å². The van der Waals surface area contributed by atoms with Crippen molar-refractivity contribution in [1.29, 1.82) is 0 Å². The van der Waals surface area contributed by atoms with E-state index in [-0.39, 0.29) is 17.6 Å². The molecule has 1 aliphatic heterocycles. The van der Waals surface area contributed by atoms with Crippen molar-refractivity contribution in [1.82, 2.24) is 25.5 Å². The molecule has 8 heteroatoms. The minimum atomic E-state index is -0.688. The van der Waals surface area contributed by atoms with E-state index in [0.717, 1.165) is 11.5 Å². The molecule has 2 atom stereocenters. The number of nitrogens with one attached hydrogen (secondary N) is 1. The molecule has 23 heavy (non-hydrogen) atoms. The van der Waals surface area contributed by atoms with Crippen molar-refractivity contribution < 1.29 is 9.90 Å². The SMILES string of the molecule is Cc1ccc(N2CC[C@@H](NC(=O)c3cnccn3)[C@H](O)C2)nn1. The first-order valence-corrected chi connectivity index (χ1v) is 7.43. The van der Waals surface area contributed by atoms with Gasteiger partial charge in [-0.3, -0.25) is 9.78 Å². The molecule has 3 rings (SSSR count). The van der Waals surface area contributed by atoms with Crippen molar-refractivity contribution in [2.75, 3.05) is 18.0 Å². The van der Waals surface area contributed by atoms with Crippen LogP contribution in [-0.2, 0) is 0 Å². The van der Waals surface area contributed by atoms with E-state index in [2.05, 4.69) is 25.5 Å². The van der Waals surface area contributed by atoms with Crippen molar-refractivity contribution in [3.8, 4) is 0 Å². The molecule has 2 aromatic rings. The van der Waals surface area contributed by atoms with Crippen LogP contribution in [0.25, 0.3) is 0 Å². The Morgan fingerprint density at radius 1 is 1.35 bits per heavy atom. The second-order valence-electron chi connectivity index (χ2n) is 5.51. The standard InChI is InChI=1S/C15H18N6O2/c1-10-2-3-14(20-19-10)21-7-4-11(13(22)9-21)18-15(23)12-8-16-5-6-17-12/h2-3,5-6,8,11,13,22H,4,7,9H2,1H3,(H,18,23)/t11-,13-/m1/s1. The molecule has 8 nitrogen and oxygen atoms in total. The Bertz CT molecular complexity index is 663. The van der Waals surface area contributed by atoms with Crippen LogP contribution in [0.4, 0.5) is 5.82 Å². The Hall–Kier alpha value is -2.61. The van der Waals surface area contributed by atoms with Gasteiger partial charge in [0.1, 0.15) is 5.69 Å².